The molecule has 4 heteroatoms. The van der Waals surface area contributed by atoms with Crippen LogP contribution in [0.3, 0.4) is 0 Å². The molecule has 0 aliphatic rings. The molecule has 0 atom stereocenters. The van der Waals surface area contributed by atoms with Crippen LogP contribution in [0.25, 0.3) is 16.9 Å². The Morgan fingerprint density at radius 1 is 1.11 bits per heavy atom. The maximum Gasteiger partial charge on any atom is 0.160 e. The number of nitrogens with two attached hydrogens (primary N) is 1. The second-order valence-corrected chi connectivity index (χ2v) is 4.00. The third-order valence-electron chi connectivity index (χ3n) is 2.75. The van der Waals surface area contributed by atoms with Gasteiger partial charge in [-0.1, -0.05) is 44.2 Å². The number of fused-ring (bicyclic) bond motifs is 1. The van der Waals surface area contributed by atoms with Gasteiger partial charge in [0.15, 0.2) is 5.65 Å². The van der Waals surface area contributed by atoms with Gasteiger partial charge in [-0.15, -0.1) is 0 Å². The molecule has 0 aliphatic heterocycles. The summed E-state index contributed by atoms with van der Waals surface area (Å²) in [5.41, 5.74) is 9.73. The number of anilines is 1. The van der Waals surface area contributed by atoms with Crippen LogP contribution in [0.1, 0.15) is 19.4 Å². The maximum absolute atomic E-state index is 5.97. The molecule has 4 nitrogen and oxygen atoms in total. The summed E-state index contributed by atoms with van der Waals surface area (Å²) in [7, 11) is 0. The Bertz CT molecular complexity index is 671. The first-order chi connectivity index (χ1) is 9.25. The normalized spacial score (nSPS) is 10.1. The van der Waals surface area contributed by atoms with Crippen molar-refractivity contribution in [1.82, 2.24) is 14.6 Å². The lowest BCUT2D eigenvalue weighted by molar-refractivity contribution is 0.954. The minimum absolute atomic E-state index is 0.599. The van der Waals surface area contributed by atoms with Crippen LogP contribution in [-0.2, 0) is 0 Å². The molecule has 0 saturated carbocycles. The zero-order valence-corrected chi connectivity index (χ0v) is 11.5. The van der Waals surface area contributed by atoms with E-state index in [0.29, 0.717) is 5.82 Å². The second-order valence-electron chi connectivity index (χ2n) is 4.00. The van der Waals surface area contributed by atoms with Gasteiger partial charge in [-0.25, -0.2) is 4.98 Å². The Balaban J connectivity index is 0.000000637. The van der Waals surface area contributed by atoms with Crippen LogP contribution in [0, 0.1) is 6.92 Å². The molecule has 0 fully saturated rings. The van der Waals surface area contributed by atoms with Crippen molar-refractivity contribution in [3.63, 3.8) is 0 Å². The topological polar surface area (TPSA) is 56.2 Å². The van der Waals surface area contributed by atoms with Crippen LogP contribution >= 0.6 is 0 Å². The van der Waals surface area contributed by atoms with Gasteiger partial charge in [-0.05, 0) is 6.92 Å². The summed E-state index contributed by atoms with van der Waals surface area (Å²) in [5, 5.41) is 4.18. The number of aromatic nitrogens is 3. The molecular weight excluding hydrogens is 236 g/mol. The third kappa shape index (κ3) is 2.42. The molecule has 0 bridgehead atoms. The second kappa shape index (κ2) is 5.52. The van der Waals surface area contributed by atoms with Crippen molar-refractivity contribution in [2.45, 2.75) is 20.8 Å². The van der Waals surface area contributed by atoms with Crippen molar-refractivity contribution in [2.75, 3.05) is 5.73 Å². The minimum atomic E-state index is 0.599. The van der Waals surface area contributed by atoms with Crippen molar-refractivity contribution in [1.29, 1.82) is 0 Å². The molecule has 2 aromatic heterocycles. The van der Waals surface area contributed by atoms with E-state index in [9.17, 15) is 0 Å². The average Bonchev–Trinajstić information content (AvgIpc) is 2.84. The Labute approximate surface area is 112 Å². The van der Waals surface area contributed by atoms with E-state index in [1.165, 1.54) is 0 Å². The van der Waals surface area contributed by atoms with Crippen molar-refractivity contribution in [3.05, 3.63) is 48.2 Å². The quantitative estimate of drug-likeness (QED) is 0.724. The summed E-state index contributed by atoms with van der Waals surface area (Å²) in [6, 6.07) is 11.8. The molecule has 0 amide bonds. The van der Waals surface area contributed by atoms with E-state index in [4.69, 9.17) is 5.73 Å². The first-order valence-electron chi connectivity index (χ1n) is 6.42. The molecule has 98 valence electrons. The Kier molecular flexibility index (Phi) is 3.80. The van der Waals surface area contributed by atoms with E-state index in [0.717, 1.165) is 22.5 Å². The number of hydrogen-bond acceptors (Lipinski definition) is 3. The molecule has 0 unspecified atom stereocenters. The highest BCUT2D eigenvalue weighted by atomic mass is 15.3. The van der Waals surface area contributed by atoms with Gasteiger partial charge in [0.25, 0.3) is 0 Å². The summed E-state index contributed by atoms with van der Waals surface area (Å²) >= 11 is 0. The van der Waals surface area contributed by atoms with E-state index in [1.54, 1.807) is 10.7 Å². The van der Waals surface area contributed by atoms with Gasteiger partial charge in [0.1, 0.15) is 5.82 Å². The van der Waals surface area contributed by atoms with E-state index in [2.05, 4.69) is 10.1 Å². The fourth-order valence-corrected chi connectivity index (χ4v) is 1.85. The number of hydrogen-bond donors (Lipinski definition) is 1. The number of aryl methyl sites for hydroxylation is 1. The maximum atomic E-state index is 5.97. The van der Waals surface area contributed by atoms with Crippen molar-refractivity contribution in [3.8, 4) is 11.3 Å². The van der Waals surface area contributed by atoms with Crippen LogP contribution in [-0.4, -0.2) is 14.6 Å². The number of nitrogens with zero attached hydrogens (tertiary/aromatic N) is 3. The highest BCUT2D eigenvalue weighted by Crippen LogP contribution is 2.21. The van der Waals surface area contributed by atoms with Gasteiger partial charge in [-0.2, -0.15) is 9.61 Å². The van der Waals surface area contributed by atoms with Crippen molar-refractivity contribution < 1.29 is 0 Å². The first-order valence-corrected chi connectivity index (χ1v) is 6.42. The minimum Gasteiger partial charge on any atom is -0.384 e. The molecule has 0 spiro atoms. The molecule has 0 aliphatic carbocycles. The fraction of sp³-hybridized carbons (Fsp3) is 0.200. The predicted molar refractivity (Wildman–Crippen MR) is 78.9 cm³/mol. The molecule has 19 heavy (non-hydrogen) atoms. The van der Waals surface area contributed by atoms with E-state index in [-0.39, 0.29) is 0 Å². The smallest absolute Gasteiger partial charge is 0.160 e. The molecule has 0 saturated heterocycles. The molecule has 3 aromatic rings. The number of rotatable bonds is 1. The third-order valence-corrected chi connectivity index (χ3v) is 2.75. The predicted octanol–water partition coefficient (Wildman–Crippen LogP) is 3.31. The highest BCUT2D eigenvalue weighted by molar-refractivity contribution is 5.66. The Morgan fingerprint density at radius 2 is 1.79 bits per heavy atom. The lowest BCUT2D eigenvalue weighted by Gasteiger charge is -2.04. The van der Waals surface area contributed by atoms with Crippen LogP contribution in [0.15, 0.2) is 42.6 Å². The Morgan fingerprint density at radius 3 is 2.47 bits per heavy atom. The summed E-state index contributed by atoms with van der Waals surface area (Å²) in [6.07, 6.45) is 1.77. The molecule has 1 aromatic carbocycles. The van der Waals surface area contributed by atoms with Crippen molar-refractivity contribution in [2.24, 2.45) is 0 Å². The fourth-order valence-electron chi connectivity index (χ4n) is 1.85. The Hall–Kier alpha value is -2.36. The summed E-state index contributed by atoms with van der Waals surface area (Å²) in [5.74, 6) is 0.599. The zero-order valence-electron chi connectivity index (χ0n) is 11.5. The molecule has 2 N–H and O–H groups in total. The van der Waals surface area contributed by atoms with Crippen LogP contribution in [0.4, 0.5) is 5.82 Å². The van der Waals surface area contributed by atoms with Gasteiger partial charge in [0, 0.05) is 17.2 Å². The highest BCUT2D eigenvalue weighted by Gasteiger charge is 2.07. The summed E-state index contributed by atoms with van der Waals surface area (Å²) < 4.78 is 1.65. The summed E-state index contributed by atoms with van der Waals surface area (Å²) in [4.78, 5) is 4.59. The molecule has 3 rings (SSSR count). The van der Waals surface area contributed by atoms with Crippen LogP contribution in [0.5, 0.6) is 0 Å². The lowest BCUT2D eigenvalue weighted by Crippen LogP contribution is -2.01. The SMILES string of the molecule is CC.Cc1cnn2c(N)cc(-c3ccccc3)nc12. The van der Waals surface area contributed by atoms with Crippen LogP contribution < -0.4 is 5.73 Å². The largest absolute Gasteiger partial charge is 0.384 e. The zero-order chi connectivity index (χ0) is 13.8. The standard InChI is InChI=1S/C13H12N4.C2H6/c1-9-8-15-17-12(14)7-11(16-13(9)17)10-5-3-2-4-6-10;1-2/h2-8H,14H2,1H3;1-2H3. The monoisotopic (exact) mass is 254 g/mol. The van der Waals surface area contributed by atoms with Gasteiger partial charge < -0.3 is 5.73 Å². The lowest BCUT2D eigenvalue weighted by atomic mass is 10.1. The molecule has 0 radical (unpaired) electrons. The van der Waals surface area contributed by atoms with Gasteiger partial charge in [-0.3, -0.25) is 0 Å². The van der Waals surface area contributed by atoms with Crippen LogP contribution in [0.2, 0.25) is 0 Å². The van der Waals surface area contributed by atoms with E-state index < -0.39 is 0 Å². The van der Waals surface area contributed by atoms with E-state index in [1.807, 2.05) is 57.2 Å². The first kappa shape index (κ1) is 13.1. The molecule has 2 heterocycles. The summed E-state index contributed by atoms with van der Waals surface area (Å²) in [6.45, 7) is 5.98. The van der Waals surface area contributed by atoms with Crippen molar-refractivity contribution >= 4 is 11.5 Å². The van der Waals surface area contributed by atoms with Gasteiger partial charge in [0.2, 0.25) is 0 Å². The number of nitrogen functional groups attached to an aromatic ring is 1. The van der Waals surface area contributed by atoms with E-state index >= 15 is 0 Å². The van der Waals surface area contributed by atoms with Gasteiger partial charge in [0.05, 0.1) is 11.9 Å². The number of benzene rings is 1. The van der Waals surface area contributed by atoms with Gasteiger partial charge >= 0.3 is 0 Å². The molecular formula is C15H18N4. The average molecular weight is 254 g/mol.